The van der Waals surface area contributed by atoms with E-state index in [9.17, 15) is 0 Å². The third-order valence-electron chi connectivity index (χ3n) is 11.1. The van der Waals surface area contributed by atoms with Crippen LogP contribution < -0.4 is 9.80 Å². The van der Waals surface area contributed by atoms with Crippen LogP contribution in [0.5, 0.6) is 0 Å². The van der Waals surface area contributed by atoms with E-state index >= 15 is 0 Å². The molecule has 54 heavy (non-hydrogen) atoms. The molecule has 258 valence electrons. The summed E-state index contributed by atoms with van der Waals surface area (Å²) in [6, 6.07) is 59.9. The van der Waals surface area contributed by atoms with Gasteiger partial charge in [0.1, 0.15) is 0 Å². The van der Waals surface area contributed by atoms with Crippen molar-refractivity contribution < 1.29 is 0 Å². The lowest BCUT2D eigenvalue weighted by Crippen LogP contribution is -2.33. The van der Waals surface area contributed by atoms with Gasteiger partial charge < -0.3 is 9.80 Å². The monoisotopic (exact) mass is 692 g/mol. The number of nitrogens with zero attached hydrogens (tertiary/aromatic N) is 2. The molecule has 0 N–H and O–H groups in total. The Bertz CT molecular complexity index is 2720. The van der Waals surface area contributed by atoms with E-state index < -0.39 is 0 Å². The summed E-state index contributed by atoms with van der Waals surface area (Å²) in [4.78, 5) is 5.00. The maximum atomic E-state index is 2.59. The second-order valence-corrected chi connectivity index (χ2v) is 14.3. The maximum absolute atomic E-state index is 2.59. The minimum atomic E-state index is 0.202. The Morgan fingerprint density at radius 1 is 0.444 bits per heavy atom. The molecule has 0 amide bonds. The van der Waals surface area contributed by atoms with Gasteiger partial charge in [0.2, 0.25) is 0 Å². The number of rotatable bonds is 8. The summed E-state index contributed by atoms with van der Waals surface area (Å²) >= 11 is 0. The Morgan fingerprint density at radius 2 is 1.02 bits per heavy atom. The lowest BCUT2D eigenvalue weighted by Gasteiger charge is -2.36. The van der Waals surface area contributed by atoms with Crippen LogP contribution in [0.2, 0.25) is 0 Å². The van der Waals surface area contributed by atoms with Crippen LogP contribution >= 0.6 is 0 Å². The zero-order valence-corrected chi connectivity index (χ0v) is 30.1. The van der Waals surface area contributed by atoms with E-state index in [2.05, 4.69) is 210 Å². The zero-order chi connectivity index (χ0) is 35.8. The fourth-order valence-electron chi connectivity index (χ4n) is 8.55. The smallest absolute Gasteiger partial charge is 0.0560 e. The topological polar surface area (TPSA) is 6.48 Å². The second kappa shape index (κ2) is 13.7. The fourth-order valence-corrected chi connectivity index (χ4v) is 8.55. The predicted molar refractivity (Wildman–Crippen MR) is 231 cm³/mol. The third kappa shape index (κ3) is 5.68. The molecule has 2 nitrogen and oxygen atoms in total. The predicted octanol–water partition coefficient (Wildman–Crippen LogP) is 14.2. The van der Waals surface area contributed by atoms with Crippen molar-refractivity contribution in [2.24, 2.45) is 0 Å². The quantitative estimate of drug-likeness (QED) is 0.146. The lowest BCUT2D eigenvalue weighted by atomic mass is 9.90. The molecule has 8 aromatic carbocycles. The van der Waals surface area contributed by atoms with Crippen molar-refractivity contribution in [3.8, 4) is 11.1 Å². The van der Waals surface area contributed by atoms with E-state index in [4.69, 9.17) is 0 Å². The largest absolute Gasteiger partial charge is 0.334 e. The molecule has 2 aliphatic carbocycles. The summed E-state index contributed by atoms with van der Waals surface area (Å²) in [7, 11) is 0. The van der Waals surface area contributed by atoms with Crippen LogP contribution in [0.25, 0.3) is 49.0 Å². The van der Waals surface area contributed by atoms with Gasteiger partial charge >= 0.3 is 0 Å². The molecule has 0 spiro atoms. The van der Waals surface area contributed by atoms with E-state index in [-0.39, 0.29) is 6.04 Å². The summed E-state index contributed by atoms with van der Waals surface area (Å²) in [5, 5.41) is 7.68. The van der Waals surface area contributed by atoms with E-state index in [0.29, 0.717) is 0 Å². The van der Waals surface area contributed by atoms with Gasteiger partial charge in [0.05, 0.1) is 11.7 Å². The average molecular weight is 693 g/mol. The molecule has 0 aromatic heterocycles. The molecule has 8 aromatic rings. The molecule has 1 unspecified atom stereocenters. The van der Waals surface area contributed by atoms with Gasteiger partial charge in [-0.25, -0.2) is 0 Å². The summed E-state index contributed by atoms with van der Waals surface area (Å²) in [6.07, 6.45) is 17.3. The van der Waals surface area contributed by atoms with E-state index in [1.54, 1.807) is 0 Å². The highest BCUT2D eigenvalue weighted by Gasteiger charge is 2.25. The molecule has 0 fully saturated rings. The Labute approximate surface area is 317 Å². The first-order valence-electron chi connectivity index (χ1n) is 19.1. The second-order valence-electron chi connectivity index (χ2n) is 14.3. The molecule has 10 rings (SSSR count). The number of hydrogen-bond acceptors (Lipinski definition) is 2. The van der Waals surface area contributed by atoms with Gasteiger partial charge in [-0.1, -0.05) is 158 Å². The first kappa shape index (κ1) is 32.0. The maximum Gasteiger partial charge on any atom is 0.0560 e. The number of hydrogen-bond donors (Lipinski definition) is 0. The summed E-state index contributed by atoms with van der Waals surface area (Å²) in [6.45, 7) is 0. The first-order valence-corrected chi connectivity index (χ1v) is 19.1. The molecule has 2 aliphatic rings. The van der Waals surface area contributed by atoms with Gasteiger partial charge in [-0.15, -0.1) is 0 Å². The Hall–Kier alpha value is -6.64. The molecule has 2 heteroatoms. The Balaban J connectivity index is 1.12. The van der Waals surface area contributed by atoms with Crippen LogP contribution in [0.15, 0.2) is 206 Å². The molecule has 0 heterocycles. The molecule has 0 aliphatic heterocycles. The van der Waals surface area contributed by atoms with Crippen molar-refractivity contribution in [2.45, 2.75) is 25.3 Å². The Morgan fingerprint density at radius 3 is 1.65 bits per heavy atom. The third-order valence-corrected chi connectivity index (χ3v) is 11.1. The standard InChI is InChI=1S/C52H40N2/c1-5-13-37(14-6-1)39-21-29-45(30-22-39)53(43-17-9-3-10-18-43)49-35-27-41-26-34-48-50(36-28-42-25-33-47(49)51(41)52(42)48)54(44-19-11-4-12-20-44)46-31-23-40(24-32-46)38-15-7-2-8-16-38/h1-3,5-11,13-31,33-36,46H,4,12,32H2. The number of anilines is 4. The van der Waals surface area contributed by atoms with Crippen molar-refractivity contribution in [1.29, 1.82) is 0 Å². The molecule has 0 radical (unpaired) electrons. The van der Waals surface area contributed by atoms with Crippen LogP contribution in [-0.4, -0.2) is 6.04 Å². The number of allylic oxidation sites excluding steroid dienone is 5. The van der Waals surface area contributed by atoms with Gasteiger partial charge in [-0.3, -0.25) is 0 Å². The molecular formula is C52H40N2. The number of benzene rings is 8. The van der Waals surface area contributed by atoms with Gasteiger partial charge in [0, 0.05) is 33.5 Å². The van der Waals surface area contributed by atoms with E-state index in [0.717, 1.165) is 30.6 Å². The van der Waals surface area contributed by atoms with Gasteiger partial charge in [0.25, 0.3) is 0 Å². The summed E-state index contributed by atoms with van der Waals surface area (Å²) in [5.41, 5.74) is 11.0. The minimum Gasteiger partial charge on any atom is -0.334 e. The summed E-state index contributed by atoms with van der Waals surface area (Å²) in [5.74, 6) is 0. The molecule has 0 saturated carbocycles. The van der Waals surface area contributed by atoms with Crippen LogP contribution in [-0.2, 0) is 0 Å². The van der Waals surface area contributed by atoms with Gasteiger partial charge in [-0.2, -0.15) is 0 Å². The van der Waals surface area contributed by atoms with Crippen LogP contribution in [0, 0.1) is 0 Å². The number of para-hydroxylation sites is 1. The Kier molecular flexibility index (Phi) is 8.15. The lowest BCUT2D eigenvalue weighted by molar-refractivity contribution is 0.759. The van der Waals surface area contributed by atoms with Crippen LogP contribution in [0.1, 0.15) is 24.8 Å². The van der Waals surface area contributed by atoms with Crippen LogP contribution in [0.3, 0.4) is 0 Å². The molecule has 0 bridgehead atoms. The van der Waals surface area contributed by atoms with Crippen molar-refractivity contribution >= 4 is 60.6 Å². The van der Waals surface area contributed by atoms with E-state index in [1.165, 1.54) is 71.7 Å². The zero-order valence-electron chi connectivity index (χ0n) is 30.1. The first-order chi connectivity index (χ1) is 26.8. The van der Waals surface area contributed by atoms with E-state index in [1.807, 2.05) is 0 Å². The van der Waals surface area contributed by atoms with Gasteiger partial charge in [0.15, 0.2) is 0 Å². The van der Waals surface area contributed by atoms with Crippen molar-refractivity contribution in [1.82, 2.24) is 0 Å². The molecule has 0 saturated heterocycles. The highest BCUT2D eigenvalue weighted by molar-refractivity contribution is 6.27. The van der Waals surface area contributed by atoms with Crippen molar-refractivity contribution in [3.63, 3.8) is 0 Å². The normalized spacial score (nSPS) is 15.4. The fraction of sp³-hybridized carbons (Fsp3) is 0.0769. The minimum absolute atomic E-state index is 0.202. The SMILES string of the molecule is C1=CC(N(c2ccc3ccc4c(N(c5ccccc5)c5ccc(-c6ccccc6)cc5)ccc5ccc2c3c54)C2C=CC(c3ccccc3)=CC2)=CCC1. The summed E-state index contributed by atoms with van der Waals surface area (Å²) < 4.78 is 0. The van der Waals surface area contributed by atoms with Crippen molar-refractivity contribution in [3.05, 3.63) is 212 Å². The highest BCUT2D eigenvalue weighted by atomic mass is 15.2. The average Bonchev–Trinajstić information content (AvgIpc) is 3.26. The van der Waals surface area contributed by atoms with Gasteiger partial charge in [-0.05, 0) is 106 Å². The molecule has 1 atom stereocenters. The van der Waals surface area contributed by atoms with Crippen molar-refractivity contribution in [2.75, 3.05) is 9.80 Å². The highest BCUT2D eigenvalue weighted by Crippen LogP contribution is 2.46. The van der Waals surface area contributed by atoms with Crippen LogP contribution in [0.4, 0.5) is 22.7 Å². The molecular weight excluding hydrogens is 653 g/mol.